The average molecular weight is 459 g/mol. The summed E-state index contributed by atoms with van der Waals surface area (Å²) >= 11 is 2.39. The van der Waals surface area contributed by atoms with Crippen molar-refractivity contribution in [2.75, 3.05) is 6.61 Å². The van der Waals surface area contributed by atoms with Crippen LogP contribution in [0.1, 0.15) is 23.7 Å². The lowest BCUT2D eigenvalue weighted by atomic mass is 10.0. The van der Waals surface area contributed by atoms with Crippen molar-refractivity contribution in [3.8, 4) is 0 Å². The van der Waals surface area contributed by atoms with Crippen LogP contribution in [0, 0.1) is 3.57 Å². The molecule has 0 radical (unpaired) electrons. The molecule has 0 atom stereocenters. The van der Waals surface area contributed by atoms with Crippen molar-refractivity contribution in [2.45, 2.75) is 19.8 Å². The first-order valence-corrected chi connectivity index (χ1v) is 9.84. The van der Waals surface area contributed by atoms with Crippen molar-refractivity contribution in [2.24, 2.45) is 7.05 Å². The summed E-state index contributed by atoms with van der Waals surface area (Å²) in [7, 11) is 2.09. The van der Waals surface area contributed by atoms with Crippen LogP contribution in [-0.2, 0) is 29.4 Å². The molecule has 3 rings (SSSR count). The number of ether oxygens (including phenoxy) is 1. The van der Waals surface area contributed by atoms with Gasteiger partial charge in [-0.2, -0.15) is 0 Å². The lowest BCUT2D eigenvalue weighted by Crippen LogP contribution is -2.02. The summed E-state index contributed by atoms with van der Waals surface area (Å²) in [6.45, 7) is 2.20. The van der Waals surface area contributed by atoms with E-state index < -0.39 is 0 Å². The number of para-hydroxylation sites is 1. The molecule has 1 aromatic heterocycles. The van der Waals surface area contributed by atoms with Gasteiger partial charge in [0.1, 0.15) is 0 Å². The summed E-state index contributed by atoms with van der Waals surface area (Å²) in [5, 5.41) is 1.16. The van der Waals surface area contributed by atoms with Crippen molar-refractivity contribution in [3.63, 3.8) is 0 Å². The Labute approximate surface area is 167 Å². The Morgan fingerprint density at radius 3 is 2.62 bits per heavy atom. The number of hydrogen-bond acceptors (Lipinski definition) is 2. The molecule has 0 saturated heterocycles. The van der Waals surface area contributed by atoms with E-state index in [0.717, 1.165) is 23.8 Å². The van der Waals surface area contributed by atoms with Crippen LogP contribution < -0.4 is 0 Å². The standard InChI is InChI=1S/C22H22INO2/c1-3-26-22(25)15-13-18-17-9-5-7-11-20(17)24(2)21(18)14-12-16-8-4-6-10-19(16)23/h4-11,13,15H,3,12,14H2,1-2H3/b15-13+. The summed E-state index contributed by atoms with van der Waals surface area (Å²) in [4.78, 5) is 11.8. The maximum Gasteiger partial charge on any atom is 0.330 e. The van der Waals surface area contributed by atoms with Crippen molar-refractivity contribution in [1.82, 2.24) is 4.57 Å². The molecule has 0 aliphatic heterocycles. The molecule has 2 aromatic carbocycles. The Balaban J connectivity index is 1.97. The monoisotopic (exact) mass is 459 g/mol. The highest BCUT2D eigenvalue weighted by molar-refractivity contribution is 14.1. The minimum Gasteiger partial charge on any atom is -0.463 e. The second kappa shape index (κ2) is 8.54. The lowest BCUT2D eigenvalue weighted by Gasteiger charge is -2.08. The number of carbonyl (C=O) groups excluding carboxylic acids is 1. The summed E-state index contributed by atoms with van der Waals surface area (Å²) in [5.41, 5.74) is 4.85. The number of aryl methyl sites for hydroxylation is 2. The zero-order valence-electron chi connectivity index (χ0n) is 15.0. The molecule has 3 aromatic rings. The third kappa shape index (κ3) is 4.01. The number of halogens is 1. The Bertz CT molecular complexity index is 956. The molecule has 0 amide bonds. The smallest absolute Gasteiger partial charge is 0.330 e. The van der Waals surface area contributed by atoms with Crippen LogP contribution in [0.25, 0.3) is 17.0 Å². The van der Waals surface area contributed by atoms with Crippen molar-refractivity contribution < 1.29 is 9.53 Å². The summed E-state index contributed by atoms with van der Waals surface area (Å²) in [6, 6.07) is 16.8. The van der Waals surface area contributed by atoms with Gasteiger partial charge in [0.05, 0.1) is 6.61 Å². The molecule has 0 bridgehead atoms. The SMILES string of the molecule is CCOC(=O)/C=C/c1c(CCc2ccccc2I)n(C)c2ccccc12. The molecule has 0 aliphatic carbocycles. The quantitative estimate of drug-likeness (QED) is 0.290. The number of nitrogens with zero attached hydrogens (tertiary/aromatic N) is 1. The minimum absolute atomic E-state index is 0.302. The van der Waals surface area contributed by atoms with Crippen LogP contribution in [0.5, 0.6) is 0 Å². The average Bonchev–Trinajstić information content (AvgIpc) is 2.91. The third-order valence-electron chi connectivity index (χ3n) is 4.53. The molecule has 3 nitrogen and oxygen atoms in total. The van der Waals surface area contributed by atoms with E-state index in [9.17, 15) is 4.79 Å². The van der Waals surface area contributed by atoms with Crippen molar-refractivity contribution in [1.29, 1.82) is 0 Å². The normalized spacial score (nSPS) is 11.3. The first kappa shape index (κ1) is 18.7. The van der Waals surface area contributed by atoms with Crippen LogP contribution in [0.2, 0.25) is 0 Å². The van der Waals surface area contributed by atoms with E-state index in [1.165, 1.54) is 26.4 Å². The van der Waals surface area contributed by atoms with Gasteiger partial charge in [0.25, 0.3) is 0 Å². The predicted octanol–water partition coefficient (Wildman–Crippen LogP) is 5.14. The number of rotatable bonds is 6. The summed E-state index contributed by atoms with van der Waals surface area (Å²) in [5.74, 6) is -0.302. The zero-order chi connectivity index (χ0) is 18.5. The van der Waals surface area contributed by atoms with Crippen LogP contribution in [0.3, 0.4) is 0 Å². The Morgan fingerprint density at radius 1 is 1.12 bits per heavy atom. The molecule has 0 saturated carbocycles. The first-order valence-electron chi connectivity index (χ1n) is 8.76. The molecule has 0 unspecified atom stereocenters. The number of carbonyl (C=O) groups is 1. The molecular formula is C22H22INO2. The second-order valence-electron chi connectivity index (χ2n) is 6.11. The van der Waals surface area contributed by atoms with Crippen LogP contribution >= 0.6 is 22.6 Å². The van der Waals surface area contributed by atoms with Crippen LogP contribution in [0.15, 0.2) is 54.6 Å². The fraction of sp³-hybridized carbons (Fsp3) is 0.227. The minimum atomic E-state index is -0.302. The van der Waals surface area contributed by atoms with Gasteiger partial charge in [-0.15, -0.1) is 0 Å². The topological polar surface area (TPSA) is 31.2 Å². The zero-order valence-corrected chi connectivity index (χ0v) is 17.2. The molecule has 0 N–H and O–H groups in total. The largest absolute Gasteiger partial charge is 0.463 e. The van der Waals surface area contributed by atoms with Gasteiger partial charge in [-0.05, 0) is 66.1 Å². The molecule has 26 heavy (non-hydrogen) atoms. The molecule has 1 heterocycles. The van der Waals surface area contributed by atoms with Gasteiger partial charge >= 0.3 is 5.97 Å². The van der Waals surface area contributed by atoms with Gasteiger partial charge in [0.15, 0.2) is 0 Å². The molecular weight excluding hydrogens is 437 g/mol. The number of benzene rings is 2. The van der Waals surface area contributed by atoms with Crippen molar-refractivity contribution in [3.05, 3.63) is 75.0 Å². The number of esters is 1. The molecule has 4 heteroatoms. The second-order valence-corrected chi connectivity index (χ2v) is 7.28. The van der Waals surface area contributed by atoms with Crippen LogP contribution in [-0.4, -0.2) is 17.1 Å². The lowest BCUT2D eigenvalue weighted by molar-refractivity contribution is -0.137. The van der Waals surface area contributed by atoms with E-state index in [2.05, 4.69) is 70.6 Å². The van der Waals surface area contributed by atoms with Gasteiger partial charge in [-0.25, -0.2) is 4.79 Å². The number of aromatic nitrogens is 1. The van der Waals surface area contributed by atoms with Crippen molar-refractivity contribution >= 4 is 45.5 Å². The maximum absolute atomic E-state index is 11.8. The van der Waals surface area contributed by atoms with Gasteiger partial charge in [0.2, 0.25) is 0 Å². The third-order valence-corrected chi connectivity index (χ3v) is 5.59. The Kier molecular flexibility index (Phi) is 6.14. The maximum atomic E-state index is 11.8. The van der Waals surface area contributed by atoms with E-state index in [4.69, 9.17) is 4.74 Å². The van der Waals surface area contributed by atoms with E-state index >= 15 is 0 Å². The van der Waals surface area contributed by atoms with E-state index in [1.54, 1.807) is 0 Å². The van der Waals surface area contributed by atoms with Gasteiger partial charge in [-0.3, -0.25) is 0 Å². The fourth-order valence-electron chi connectivity index (χ4n) is 3.26. The molecule has 0 fully saturated rings. The highest BCUT2D eigenvalue weighted by Gasteiger charge is 2.13. The van der Waals surface area contributed by atoms with Gasteiger partial charge < -0.3 is 9.30 Å². The van der Waals surface area contributed by atoms with E-state index in [-0.39, 0.29) is 5.97 Å². The molecule has 0 aliphatic rings. The molecule has 0 spiro atoms. The van der Waals surface area contributed by atoms with E-state index in [0.29, 0.717) is 6.61 Å². The Morgan fingerprint density at radius 2 is 1.85 bits per heavy atom. The van der Waals surface area contributed by atoms with Gasteiger partial charge in [-0.1, -0.05) is 36.4 Å². The van der Waals surface area contributed by atoms with Gasteiger partial charge in [0, 0.05) is 38.9 Å². The van der Waals surface area contributed by atoms with Crippen LogP contribution in [0.4, 0.5) is 0 Å². The summed E-state index contributed by atoms with van der Waals surface area (Å²) < 4.78 is 8.55. The summed E-state index contributed by atoms with van der Waals surface area (Å²) in [6.07, 6.45) is 5.30. The highest BCUT2D eigenvalue weighted by Crippen LogP contribution is 2.28. The Hall–Kier alpha value is -2.08. The molecule has 134 valence electrons. The first-order chi connectivity index (χ1) is 12.6. The fourth-order valence-corrected chi connectivity index (χ4v) is 3.92. The number of fused-ring (bicyclic) bond motifs is 1. The number of hydrogen-bond donors (Lipinski definition) is 0. The van der Waals surface area contributed by atoms with E-state index in [1.807, 2.05) is 25.1 Å². The predicted molar refractivity (Wildman–Crippen MR) is 115 cm³/mol. The highest BCUT2D eigenvalue weighted by atomic mass is 127.